The van der Waals surface area contributed by atoms with Crippen molar-refractivity contribution in [1.29, 1.82) is 0 Å². The fraction of sp³-hybridized carbons (Fsp3) is 0.200. The summed E-state index contributed by atoms with van der Waals surface area (Å²) in [5.41, 5.74) is 1.36. The van der Waals surface area contributed by atoms with E-state index < -0.39 is 0 Å². The van der Waals surface area contributed by atoms with Gasteiger partial charge >= 0.3 is 0 Å². The Morgan fingerprint density at radius 1 is 1.54 bits per heavy atom. The highest BCUT2D eigenvalue weighted by Gasteiger charge is 1.90. The van der Waals surface area contributed by atoms with E-state index in [2.05, 4.69) is 16.8 Å². The minimum atomic E-state index is -0.0674. The SMILES string of the molecule is O=CCC#Cc1ccc(CO)nc1. The van der Waals surface area contributed by atoms with Gasteiger partial charge in [0.2, 0.25) is 0 Å². The number of carbonyl (C=O) groups excluding carboxylic acids is 1. The van der Waals surface area contributed by atoms with Gasteiger partial charge in [-0.2, -0.15) is 0 Å². The Hall–Kier alpha value is -1.66. The molecule has 0 spiro atoms. The van der Waals surface area contributed by atoms with Gasteiger partial charge in [0, 0.05) is 11.8 Å². The number of aliphatic hydroxyl groups excluding tert-OH is 1. The molecule has 0 aliphatic heterocycles. The van der Waals surface area contributed by atoms with E-state index in [0.717, 1.165) is 11.8 Å². The van der Waals surface area contributed by atoms with Crippen molar-refractivity contribution in [2.75, 3.05) is 0 Å². The highest BCUT2D eigenvalue weighted by molar-refractivity contribution is 5.54. The van der Waals surface area contributed by atoms with Crippen LogP contribution in [-0.4, -0.2) is 16.4 Å². The number of aldehydes is 1. The molecule has 0 fully saturated rings. The number of hydrogen-bond acceptors (Lipinski definition) is 3. The van der Waals surface area contributed by atoms with E-state index in [1.165, 1.54) is 0 Å². The monoisotopic (exact) mass is 175 g/mol. The Morgan fingerprint density at radius 2 is 2.38 bits per heavy atom. The summed E-state index contributed by atoms with van der Waals surface area (Å²) < 4.78 is 0. The summed E-state index contributed by atoms with van der Waals surface area (Å²) in [6, 6.07) is 3.46. The summed E-state index contributed by atoms with van der Waals surface area (Å²) in [6.07, 6.45) is 2.56. The predicted molar refractivity (Wildman–Crippen MR) is 47.7 cm³/mol. The van der Waals surface area contributed by atoms with Gasteiger partial charge in [0.25, 0.3) is 0 Å². The normalized spacial score (nSPS) is 8.69. The molecule has 1 N–H and O–H groups in total. The summed E-state index contributed by atoms with van der Waals surface area (Å²) in [6.45, 7) is -0.0674. The Balaban J connectivity index is 2.70. The maximum Gasteiger partial charge on any atom is 0.131 e. The molecule has 66 valence electrons. The number of aliphatic hydroxyl groups is 1. The van der Waals surface area contributed by atoms with Crippen molar-refractivity contribution in [2.45, 2.75) is 13.0 Å². The van der Waals surface area contributed by atoms with Crippen LogP contribution >= 0.6 is 0 Å². The minimum absolute atomic E-state index is 0.0674. The molecule has 0 aromatic carbocycles. The molecule has 1 rings (SSSR count). The number of nitrogens with zero attached hydrogens (tertiary/aromatic N) is 1. The van der Waals surface area contributed by atoms with Crippen molar-refractivity contribution in [3.05, 3.63) is 29.6 Å². The molecule has 0 unspecified atom stereocenters. The zero-order valence-electron chi connectivity index (χ0n) is 7.03. The number of pyridine rings is 1. The lowest BCUT2D eigenvalue weighted by atomic mass is 10.2. The zero-order valence-corrected chi connectivity index (χ0v) is 7.03. The van der Waals surface area contributed by atoms with Crippen molar-refractivity contribution in [2.24, 2.45) is 0 Å². The first kappa shape index (κ1) is 9.43. The molecule has 1 heterocycles. The van der Waals surface area contributed by atoms with Gasteiger partial charge in [-0.3, -0.25) is 4.98 Å². The fourth-order valence-corrected chi connectivity index (χ4v) is 0.787. The van der Waals surface area contributed by atoms with E-state index in [-0.39, 0.29) is 13.0 Å². The van der Waals surface area contributed by atoms with Crippen molar-refractivity contribution < 1.29 is 9.90 Å². The number of carbonyl (C=O) groups is 1. The van der Waals surface area contributed by atoms with Crippen molar-refractivity contribution in [3.63, 3.8) is 0 Å². The molecule has 0 bridgehead atoms. The lowest BCUT2D eigenvalue weighted by Crippen LogP contribution is -1.88. The minimum Gasteiger partial charge on any atom is -0.390 e. The largest absolute Gasteiger partial charge is 0.390 e. The average Bonchev–Trinajstić information content (AvgIpc) is 2.19. The van der Waals surface area contributed by atoms with E-state index in [9.17, 15) is 4.79 Å². The van der Waals surface area contributed by atoms with Crippen LogP contribution in [0.4, 0.5) is 0 Å². The molecular formula is C10H9NO2. The van der Waals surface area contributed by atoms with Gasteiger partial charge in [-0.05, 0) is 12.1 Å². The first-order valence-electron chi connectivity index (χ1n) is 3.85. The zero-order chi connectivity index (χ0) is 9.52. The van der Waals surface area contributed by atoms with Crippen LogP contribution < -0.4 is 0 Å². The van der Waals surface area contributed by atoms with Crippen molar-refractivity contribution >= 4 is 6.29 Å². The Kier molecular flexibility index (Phi) is 3.68. The van der Waals surface area contributed by atoms with E-state index in [4.69, 9.17) is 5.11 Å². The van der Waals surface area contributed by atoms with Crippen LogP contribution in [0.1, 0.15) is 17.7 Å². The van der Waals surface area contributed by atoms with Gasteiger partial charge in [-0.1, -0.05) is 11.8 Å². The number of hydrogen-bond donors (Lipinski definition) is 1. The Bertz CT molecular complexity index is 332. The molecule has 0 aliphatic rings. The molecule has 0 amide bonds. The van der Waals surface area contributed by atoms with E-state index in [1.54, 1.807) is 18.3 Å². The van der Waals surface area contributed by atoms with E-state index in [0.29, 0.717) is 5.69 Å². The predicted octanol–water partition coefficient (Wildman–Crippen LogP) is 0.514. The lowest BCUT2D eigenvalue weighted by Gasteiger charge is -1.93. The lowest BCUT2D eigenvalue weighted by molar-refractivity contribution is -0.107. The van der Waals surface area contributed by atoms with Crippen LogP contribution in [0.25, 0.3) is 0 Å². The average molecular weight is 175 g/mol. The second-order valence-electron chi connectivity index (χ2n) is 2.37. The van der Waals surface area contributed by atoms with E-state index >= 15 is 0 Å². The third kappa shape index (κ3) is 3.06. The molecule has 0 aliphatic carbocycles. The molecular weight excluding hydrogens is 166 g/mol. The number of aromatic nitrogens is 1. The molecule has 0 saturated heterocycles. The maximum absolute atomic E-state index is 9.94. The Labute approximate surface area is 76.4 Å². The van der Waals surface area contributed by atoms with Crippen LogP contribution in [0.2, 0.25) is 0 Å². The summed E-state index contributed by atoms with van der Waals surface area (Å²) >= 11 is 0. The van der Waals surface area contributed by atoms with Crippen LogP contribution in [0.5, 0.6) is 0 Å². The van der Waals surface area contributed by atoms with Gasteiger partial charge < -0.3 is 9.90 Å². The summed E-state index contributed by atoms with van der Waals surface area (Å²) in [5.74, 6) is 5.44. The molecule has 3 heteroatoms. The highest BCUT2D eigenvalue weighted by atomic mass is 16.3. The first-order valence-corrected chi connectivity index (χ1v) is 3.85. The molecule has 0 atom stereocenters. The van der Waals surface area contributed by atoms with Crippen LogP contribution in [0.3, 0.4) is 0 Å². The number of rotatable bonds is 2. The first-order chi connectivity index (χ1) is 6.36. The molecule has 0 saturated carbocycles. The summed E-state index contributed by atoms with van der Waals surface area (Å²) in [4.78, 5) is 13.9. The fourth-order valence-electron chi connectivity index (χ4n) is 0.787. The van der Waals surface area contributed by atoms with Crippen LogP contribution in [0, 0.1) is 11.8 Å². The highest BCUT2D eigenvalue weighted by Crippen LogP contribution is 1.98. The van der Waals surface area contributed by atoms with Gasteiger partial charge in [-0.15, -0.1) is 0 Å². The summed E-state index contributed by atoms with van der Waals surface area (Å²) in [7, 11) is 0. The standard InChI is InChI=1S/C10H9NO2/c12-6-2-1-3-9-4-5-10(8-13)11-7-9/h4-7,13H,2,8H2. The third-order valence-corrected chi connectivity index (χ3v) is 1.40. The van der Waals surface area contributed by atoms with Crippen LogP contribution in [0.15, 0.2) is 18.3 Å². The topological polar surface area (TPSA) is 50.2 Å². The molecule has 0 radical (unpaired) electrons. The molecule has 1 aromatic rings. The van der Waals surface area contributed by atoms with E-state index in [1.807, 2.05) is 0 Å². The van der Waals surface area contributed by atoms with Gasteiger partial charge in [0.05, 0.1) is 18.7 Å². The van der Waals surface area contributed by atoms with Crippen molar-refractivity contribution in [3.8, 4) is 11.8 Å². The molecule has 3 nitrogen and oxygen atoms in total. The Morgan fingerprint density at radius 3 is 2.92 bits per heavy atom. The second-order valence-corrected chi connectivity index (χ2v) is 2.37. The second kappa shape index (κ2) is 5.07. The quantitative estimate of drug-likeness (QED) is 0.526. The van der Waals surface area contributed by atoms with Crippen LogP contribution in [-0.2, 0) is 11.4 Å². The summed E-state index contributed by atoms with van der Waals surface area (Å²) in [5, 5.41) is 8.70. The van der Waals surface area contributed by atoms with Gasteiger partial charge in [0.15, 0.2) is 0 Å². The maximum atomic E-state index is 9.94. The van der Waals surface area contributed by atoms with Gasteiger partial charge in [0.1, 0.15) is 6.29 Å². The van der Waals surface area contributed by atoms with Crippen molar-refractivity contribution in [1.82, 2.24) is 4.98 Å². The third-order valence-electron chi connectivity index (χ3n) is 1.40. The smallest absolute Gasteiger partial charge is 0.131 e. The molecule has 1 aromatic heterocycles. The van der Waals surface area contributed by atoms with Gasteiger partial charge in [-0.25, -0.2) is 0 Å². The molecule has 13 heavy (non-hydrogen) atoms.